The number of nitrogens with one attached hydrogen (secondary N) is 1. The van der Waals surface area contributed by atoms with Crippen molar-refractivity contribution in [2.75, 3.05) is 20.3 Å². The van der Waals surface area contributed by atoms with E-state index in [1.165, 1.54) is 31.2 Å². The number of amides is 2. The van der Waals surface area contributed by atoms with Crippen molar-refractivity contribution in [2.45, 2.75) is 37.8 Å². The fourth-order valence-electron chi connectivity index (χ4n) is 4.00. The molecular weight excluding hydrogens is 614 g/mol. The molecule has 1 saturated carbocycles. The maximum absolute atomic E-state index is 13.4. The Labute approximate surface area is 260 Å². The third kappa shape index (κ3) is 8.95. The number of allylic oxidation sites excluding steroid dienone is 1. The van der Waals surface area contributed by atoms with E-state index in [1.807, 2.05) is 0 Å². The molecule has 2 aliphatic rings. The minimum Gasteiger partial charge on any atom is -0.484 e. The van der Waals surface area contributed by atoms with Crippen molar-refractivity contribution in [1.29, 1.82) is 0 Å². The van der Waals surface area contributed by atoms with E-state index in [1.54, 1.807) is 30.3 Å². The van der Waals surface area contributed by atoms with Gasteiger partial charge in [-0.1, -0.05) is 18.2 Å². The number of hydrogen-bond acceptors (Lipinski definition) is 13. The number of nitrogens with zero attached hydrogens (tertiary/aromatic N) is 2. The molecule has 0 bridgehead atoms. The zero-order valence-corrected chi connectivity index (χ0v) is 25.0. The first-order chi connectivity index (χ1) is 21.6. The summed E-state index contributed by atoms with van der Waals surface area (Å²) in [4.78, 5) is 75.4. The number of para-hydroxylation sites is 1. The normalized spacial score (nSPS) is 17.6. The van der Waals surface area contributed by atoms with E-state index in [-0.39, 0.29) is 24.8 Å². The second-order valence-corrected chi connectivity index (χ2v) is 10.9. The van der Waals surface area contributed by atoms with Gasteiger partial charge in [-0.05, 0) is 67.3 Å². The SMILES string of the molecule is COC(=O)OC(C)=C(C(=O)OCc1ccc([N+](=O)[O-])cc1)N1C(=O)C(NC(=O)COc2ccccc2)C1SC(=O)OCC1CC1. The lowest BCUT2D eigenvalue weighted by Crippen LogP contribution is -2.70. The Morgan fingerprint density at radius 3 is 2.36 bits per heavy atom. The van der Waals surface area contributed by atoms with Gasteiger partial charge in [0.15, 0.2) is 12.3 Å². The highest BCUT2D eigenvalue weighted by atomic mass is 32.2. The lowest BCUT2D eigenvalue weighted by Gasteiger charge is -2.46. The number of carbonyl (C=O) groups excluding carboxylic acids is 5. The fraction of sp³-hybridized carbons (Fsp3) is 0.345. The molecule has 0 radical (unpaired) electrons. The second kappa shape index (κ2) is 15.1. The van der Waals surface area contributed by atoms with Gasteiger partial charge in [0.05, 0.1) is 18.6 Å². The molecule has 1 N–H and O–H groups in total. The third-order valence-corrected chi connectivity index (χ3v) is 7.55. The molecule has 0 aromatic heterocycles. The molecule has 2 fully saturated rings. The number of benzene rings is 2. The smallest absolute Gasteiger partial charge is 0.484 e. The topological polar surface area (TPSA) is 190 Å². The van der Waals surface area contributed by atoms with Gasteiger partial charge in [-0.2, -0.15) is 0 Å². The molecule has 238 valence electrons. The van der Waals surface area contributed by atoms with Crippen LogP contribution >= 0.6 is 11.8 Å². The van der Waals surface area contributed by atoms with Crippen LogP contribution in [-0.2, 0) is 39.9 Å². The first-order valence-corrected chi connectivity index (χ1v) is 14.5. The van der Waals surface area contributed by atoms with Crippen LogP contribution in [0, 0.1) is 16.0 Å². The first kappa shape index (κ1) is 32.8. The van der Waals surface area contributed by atoms with E-state index >= 15 is 0 Å². The molecule has 1 saturated heterocycles. The summed E-state index contributed by atoms with van der Waals surface area (Å²) >= 11 is 0.550. The van der Waals surface area contributed by atoms with E-state index in [4.69, 9.17) is 18.9 Å². The van der Waals surface area contributed by atoms with E-state index in [2.05, 4.69) is 10.1 Å². The Morgan fingerprint density at radius 1 is 1.04 bits per heavy atom. The van der Waals surface area contributed by atoms with Gasteiger partial charge in [0.2, 0.25) is 0 Å². The molecule has 2 aromatic rings. The zero-order valence-electron chi connectivity index (χ0n) is 24.2. The number of methoxy groups -OCH3 is 1. The number of nitro benzene ring substituents is 1. The molecule has 45 heavy (non-hydrogen) atoms. The van der Waals surface area contributed by atoms with Crippen molar-refractivity contribution < 1.29 is 52.6 Å². The van der Waals surface area contributed by atoms with Crippen LogP contribution in [0.5, 0.6) is 5.75 Å². The lowest BCUT2D eigenvalue weighted by molar-refractivity contribution is -0.384. The van der Waals surface area contributed by atoms with Gasteiger partial charge in [0.25, 0.3) is 17.5 Å². The van der Waals surface area contributed by atoms with Crippen LogP contribution in [0.3, 0.4) is 0 Å². The number of carbonyl (C=O) groups is 5. The van der Waals surface area contributed by atoms with Crippen LogP contribution < -0.4 is 10.1 Å². The van der Waals surface area contributed by atoms with Crippen LogP contribution in [0.2, 0.25) is 0 Å². The zero-order chi connectivity index (χ0) is 32.5. The number of thioether (sulfide) groups is 1. The Kier molecular flexibility index (Phi) is 11.0. The van der Waals surface area contributed by atoms with Crippen LogP contribution in [0.25, 0.3) is 0 Å². The molecule has 1 heterocycles. The van der Waals surface area contributed by atoms with E-state index in [0.717, 1.165) is 24.9 Å². The number of nitro groups is 1. The summed E-state index contributed by atoms with van der Waals surface area (Å²) in [5.41, 5.74) is -0.325. The van der Waals surface area contributed by atoms with Gasteiger partial charge in [-0.25, -0.2) is 14.4 Å². The van der Waals surface area contributed by atoms with Crippen molar-refractivity contribution in [3.8, 4) is 5.75 Å². The molecule has 15 nitrogen and oxygen atoms in total. The van der Waals surface area contributed by atoms with Gasteiger partial charge in [-0.15, -0.1) is 0 Å². The van der Waals surface area contributed by atoms with Gasteiger partial charge in [-0.3, -0.25) is 24.6 Å². The number of β-lactam (4-membered cyclic amide) rings is 1. The molecule has 16 heteroatoms. The van der Waals surface area contributed by atoms with Gasteiger partial charge < -0.3 is 29.0 Å². The van der Waals surface area contributed by atoms with E-state index in [0.29, 0.717) is 23.1 Å². The molecule has 1 aliphatic carbocycles. The summed E-state index contributed by atoms with van der Waals surface area (Å²) < 4.78 is 25.6. The standard InChI is InChI=1S/C29H29N3O12S/c1-17(44-28(36)40-2)24(27(35)42-14-19-10-12-20(13-11-19)32(38)39)31-25(34)23(26(31)45-29(37)43-15-18-8-9-18)30-22(33)16-41-21-6-4-3-5-7-21/h3-7,10-13,18,23,26H,8-9,14-16H2,1-2H3,(H,30,33). The van der Waals surface area contributed by atoms with Gasteiger partial charge >= 0.3 is 17.4 Å². The Morgan fingerprint density at radius 2 is 1.73 bits per heavy atom. The lowest BCUT2D eigenvalue weighted by atomic mass is 10.1. The van der Waals surface area contributed by atoms with Crippen molar-refractivity contribution in [3.63, 3.8) is 0 Å². The van der Waals surface area contributed by atoms with E-state index in [9.17, 15) is 34.1 Å². The van der Waals surface area contributed by atoms with Gasteiger partial charge in [0.1, 0.15) is 29.5 Å². The summed E-state index contributed by atoms with van der Waals surface area (Å²) in [5.74, 6) is -2.34. The average Bonchev–Trinajstić information content (AvgIpc) is 3.87. The first-order valence-electron chi connectivity index (χ1n) is 13.6. The van der Waals surface area contributed by atoms with Gasteiger partial charge in [0, 0.05) is 12.1 Å². The fourth-order valence-corrected chi connectivity index (χ4v) is 4.97. The number of esters is 1. The second-order valence-electron chi connectivity index (χ2n) is 9.83. The van der Waals surface area contributed by atoms with Crippen LogP contribution in [0.4, 0.5) is 15.3 Å². The molecule has 4 rings (SSSR count). The predicted octanol–water partition coefficient (Wildman–Crippen LogP) is 3.66. The number of hydrogen-bond donors (Lipinski definition) is 1. The minimum absolute atomic E-state index is 0.171. The summed E-state index contributed by atoms with van der Waals surface area (Å²) in [6.07, 6.45) is 0.643. The molecule has 0 spiro atoms. The van der Waals surface area contributed by atoms with Crippen LogP contribution in [0.15, 0.2) is 66.1 Å². The summed E-state index contributed by atoms with van der Waals surface area (Å²) in [5, 5.41) is 11.5. The summed E-state index contributed by atoms with van der Waals surface area (Å²) in [7, 11) is 1.04. The van der Waals surface area contributed by atoms with E-state index < -0.39 is 63.6 Å². The highest BCUT2D eigenvalue weighted by Crippen LogP contribution is 2.37. The maximum atomic E-state index is 13.4. The molecular formula is C29H29N3O12S. The number of rotatable bonds is 13. The Balaban J connectivity index is 1.54. The predicted molar refractivity (Wildman–Crippen MR) is 155 cm³/mol. The Hall–Kier alpha value is -5.12. The number of likely N-dealkylation sites (tertiary alicyclic amines) is 1. The van der Waals surface area contributed by atoms with Crippen molar-refractivity contribution in [2.24, 2.45) is 5.92 Å². The molecule has 2 amide bonds. The number of ether oxygens (including phenoxy) is 5. The third-order valence-electron chi connectivity index (χ3n) is 6.51. The van der Waals surface area contributed by atoms with Crippen molar-refractivity contribution in [1.82, 2.24) is 10.2 Å². The average molecular weight is 644 g/mol. The van der Waals surface area contributed by atoms with Crippen LogP contribution in [0.1, 0.15) is 25.3 Å². The van der Waals surface area contributed by atoms with Crippen molar-refractivity contribution >= 4 is 46.7 Å². The molecule has 2 unspecified atom stereocenters. The highest BCUT2D eigenvalue weighted by Gasteiger charge is 2.54. The monoisotopic (exact) mass is 643 g/mol. The molecule has 2 aromatic carbocycles. The number of non-ortho nitro benzene ring substituents is 1. The van der Waals surface area contributed by atoms with Crippen molar-refractivity contribution in [3.05, 3.63) is 81.7 Å². The summed E-state index contributed by atoms with van der Waals surface area (Å²) in [6.45, 7) is 0.576. The molecule has 1 aliphatic heterocycles. The maximum Gasteiger partial charge on any atom is 0.513 e. The molecule has 2 atom stereocenters. The highest BCUT2D eigenvalue weighted by molar-refractivity contribution is 8.13. The van der Waals surface area contributed by atoms with Crippen LogP contribution in [-0.4, -0.2) is 70.8 Å². The largest absolute Gasteiger partial charge is 0.513 e. The Bertz CT molecular complexity index is 1480. The quantitative estimate of drug-likeness (QED) is 0.0633. The summed E-state index contributed by atoms with van der Waals surface area (Å²) in [6, 6.07) is 12.4. The minimum atomic E-state index is -1.29.